The average molecular weight is 338 g/mol. The number of hydrogen-bond acceptors (Lipinski definition) is 3. The third kappa shape index (κ3) is 3.88. The molecule has 1 aliphatic rings. The van der Waals surface area contributed by atoms with Gasteiger partial charge in [0.2, 0.25) is 0 Å². The van der Waals surface area contributed by atoms with Crippen LogP contribution in [0, 0.1) is 0 Å². The summed E-state index contributed by atoms with van der Waals surface area (Å²) in [6.45, 7) is 5.39. The zero-order valence-electron chi connectivity index (χ0n) is 15.5. The number of nitrogens with one attached hydrogen (secondary N) is 1. The fourth-order valence-corrected chi connectivity index (χ4v) is 4.03. The van der Waals surface area contributed by atoms with E-state index in [1.165, 1.54) is 30.4 Å². The van der Waals surface area contributed by atoms with E-state index in [0.29, 0.717) is 0 Å². The van der Waals surface area contributed by atoms with Crippen LogP contribution >= 0.6 is 0 Å². The second-order valence-electron chi connectivity index (χ2n) is 6.79. The van der Waals surface area contributed by atoms with Crippen LogP contribution in [-0.2, 0) is 12.2 Å². The summed E-state index contributed by atoms with van der Waals surface area (Å²) >= 11 is 0. The van der Waals surface area contributed by atoms with Crippen LogP contribution in [0.5, 0.6) is 5.75 Å². The average Bonchev–Trinajstić information content (AvgIpc) is 2.71. The zero-order valence-corrected chi connectivity index (χ0v) is 15.5. The lowest BCUT2D eigenvalue weighted by atomic mass is 9.91. The van der Waals surface area contributed by atoms with E-state index in [0.717, 1.165) is 31.8 Å². The Bertz CT molecular complexity index is 652. The molecule has 3 heteroatoms. The van der Waals surface area contributed by atoms with Crippen LogP contribution in [0.3, 0.4) is 0 Å². The zero-order chi connectivity index (χ0) is 17.5. The molecule has 25 heavy (non-hydrogen) atoms. The van der Waals surface area contributed by atoms with Gasteiger partial charge in [0.15, 0.2) is 0 Å². The maximum absolute atomic E-state index is 5.54. The first-order valence-corrected chi connectivity index (χ1v) is 9.47. The lowest BCUT2D eigenvalue weighted by Crippen LogP contribution is -2.57. The van der Waals surface area contributed by atoms with Crippen molar-refractivity contribution in [3.05, 3.63) is 65.7 Å². The molecule has 2 aromatic carbocycles. The second-order valence-corrected chi connectivity index (χ2v) is 6.79. The van der Waals surface area contributed by atoms with Gasteiger partial charge in [-0.1, -0.05) is 61.9 Å². The fourth-order valence-electron chi connectivity index (χ4n) is 4.03. The Morgan fingerprint density at radius 1 is 0.960 bits per heavy atom. The number of hydrogen-bond donors (Lipinski definition) is 1. The maximum atomic E-state index is 5.54. The molecule has 2 aromatic rings. The van der Waals surface area contributed by atoms with Crippen molar-refractivity contribution in [1.82, 2.24) is 10.2 Å². The molecule has 1 aliphatic heterocycles. The Balaban J connectivity index is 1.90. The highest BCUT2D eigenvalue weighted by atomic mass is 16.5. The third-order valence-corrected chi connectivity index (χ3v) is 5.42. The molecule has 1 heterocycles. The van der Waals surface area contributed by atoms with E-state index in [4.69, 9.17) is 4.74 Å². The maximum Gasteiger partial charge on any atom is 0.123 e. The summed E-state index contributed by atoms with van der Waals surface area (Å²) in [6, 6.07) is 19.2. The second kappa shape index (κ2) is 8.50. The number of benzene rings is 2. The molecule has 0 spiro atoms. The van der Waals surface area contributed by atoms with Crippen LogP contribution in [0.1, 0.15) is 43.7 Å². The summed E-state index contributed by atoms with van der Waals surface area (Å²) in [6.07, 6.45) is 4.94. The van der Waals surface area contributed by atoms with Gasteiger partial charge < -0.3 is 4.74 Å². The van der Waals surface area contributed by atoms with Gasteiger partial charge in [-0.15, -0.1) is 0 Å². The van der Waals surface area contributed by atoms with Crippen molar-refractivity contribution in [1.29, 1.82) is 0 Å². The summed E-state index contributed by atoms with van der Waals surface area (Å²) in [7, 11) is 1.74. The van der Waals surface area contributed by atoms with Gasteiger partial charge in [0.25, 0.3) is 0 Å². The molecule has 3 rings (SSSR count). The molecule has 0 amide bonds. The molecule has 1 N–H and O–H groups in total. The highest BCUT2D eigenvalue weighted by molar-refractivity contribution is 5.34. The van der Waals surface area contributed by atoms with E-state index in [9.17, 15) is 0 Å². The van der Waals surface area contributed by atoms with Crippen molar-refractivity contribution in [2.24, 2.45) is 0 Å². The molecule has 1 atom stereocenters. The summed E-state index contributed by atoms with van der Waals surface area (Å²) in [5.41, 5.74) is 2.44. The molecule has 0 aliphatic carbocycles. The standard InChI is InChI=1S/C22H30N2O/c1-3-22(20-13-6-4-7-14-20,24-16-10-5-11-17-24)23-18-19-12-8-9-15-21(19)25-2/h4,6-9,12-15,23H,3,5,10-11,16-18H2,1-2H3. The van der Waals surface area contributed by atoms with Gasteiger partial charge in [-0.05, 0) is 30.9 Å². The fraction of sp³-hybridized carbons (Fsp3) is 0.455. The lowest BCUT2D eigenvalue weighted by Gasteiger charge is -2.46. The Morgan fingerprint density at radius 2 is 1.64 bits per heavy atom. The number of methoxy groups -OCH3 is 1. The molecule has 1 unspecified atom stereocenters. The van der Waals surface area contributed by atoms with Gasteiger partial charge in [0.05, 0.1) is 12.8 Å². The van der Waals surface area contributed by atoms with Crippen molar-refractivity contribution in [2.75, 3.05) is 20.2 Å². The first-order chi connectivity index (χ1) is 12.3. The number of nitrogens with zero attached hydrogens (tertiary/aromatic N) is 1. The molecule has 1 fully saturated rings. The quantitative estimate of drug-likeness (QED) is 0.802. The van der Waals surface area contributed by atoms with Crippen LogP contribution in [0.2, 0.25) is 0 Å². The van der Waals surface area contributed by atoms with Crippen LogP contribution in [0.4, 0.5) is 0 Å². The molecule has 134 valence electrons. The minimum atomic E-state index is -0.122. The minimum Gasteiger partial charge on any atom is -0.496 e. The predicted octanol–water partition coefficient (Wildman–Crippen LogP) is 4.53. The van der Waals surface area contributed by atoms with E-state index >= 15 is 0 Å². The lowest BCUT2D eigenvalue weighted by molar-refractivity contribution is 0.0270. The smallest absolute Gasteiger partial charge is 0.123 e. The van der Waals surface area contributed by atoms with E-state index in [2.05, 4.69) is 59.6 Å². The Morgan fingerprint density at radius 3 is 2.32 bits per heavy atom. The van der Waals surface area contributed by atoms with Crippen molar-refractivity contribution >= 4 is 0 Å². The summed E-state index contributed by atoms with van der Waals surface area (Å²) in [4.78, 5) is 2.64. The monoisotopic (exact) mass is 338 g/mol. The first kappa shape index (κ1) is 18.0. The SMILES string of the molecule is CCC(NCc1ccccc1OC)(c1ccccc1)N1CCCCC1. The minimum absolute atomic E-state index is 0.122. The molecule has 0 bridgehead atoms. The molecule has 0 aromatic heterocycles. The highest BCUT2D eigenvalue weighted by Gasteiger charge is 2.37. The third-order valence-electron chi connectivity index (χ3n) is 5.42. The summed E-state index contributed by atoms with van der Waals surface area (Å²) in [5, 5.41) is 3.91. The largest absolute Gasteiger partial charge is 0.496 e. The van der Waals surface area contributed by atoms with Gasteiger partial charge in [-0.2, -0.15) is 0 Å². The van der Waals surface area contributed by atoms with Crippen LogP contribution in [0.15, 0.2) is 54.6 Å². The number of likely N-dealkylation sites (tertiary alicyclic amines) is 1. The van der Waals surface area contributed by atoms with E-state index in [-0.39, 0.29) is 5.66 Å². The van der Waals surface area contributed by atoms with Crippen LogP contribution in [0.25, 0.3) is 0 Å². The Kier molecular flexibility index (Phi) is 6.11. The van der Waals surface area contributed by atoms with Gasteiger partial charge in [0.1, 0.15) is 5.75 Å². The molecular weight excluding hydrogens is 308 g/mol. The Hall–Kier alpha value is -1.84. The number of para-hydroxylation sites is 1. The predicted molar refractivity (Wildman–Crippen MR) is 104 cm³/mol. The van der Waals surface area contributed by atoms with E-state index < -0.39 is 0 Å². The van der Waals surface area contributed by atoms with Crippen molar-refractivity contribution in [3.8, 4) is 5.75 Å². The normalized spacial score (nSPS) is 17.8. The van der Waals surface area contributed by atoms with Crippen molar-refractivity contribution in [3.63, 3.8) is 0 Å². The van der Waals surface area contributed by atoms with Gasteiger partial charge in [-0.25, -0.2) is 0 Å². The van der Waals surface area contributed by atoms with Crippen molar-refractivity contribution < 1.29 is 4.74 Å². The topological polar surface area (TPSA) is 24.5 Å². The van der Waals surface area contributed by atoms with Gasteiger partial charge in [-0.3, -0.25) is 10.2 Å². The van der Waals surface area contributed by atoms with Crippen molar-refractivity contribution in [2.45, 2.75) is 44.8 Å². The number of piperidine rings is 1. The number of rotatable bonds is 7. The van der Waals surface area contributed by atoms with Gasteiger partial charge in [0, 0.05) is 25.2 Å². The van der Waals surface area contributed by atoms with Gasteiger partial charge >= 0.3 is 0 Å². The van der Waals surface area contributed by atoms with Crippen LogP contribution in [-0.4, -0.2) is 25.1 Å². The summed E-state index contributed by atoms with van der Waals surface area (Å²) in [5.74, 6) is 0.951. The van der Waals surface area contributed by atoms with Crippen LogP contribution < -0.4 is 10.1 Å². The first-order valence-electron chi connectivity index (χ1n) is 9.47. The molecule has 0 saturated carbocycles. The molecular formula is C22H30N2O. The number of ether oxygens (including phenoxy) is 1. The highest BCUT2D eigenvalue weighted by Crippen LogP contribution is 2.33. The van der Waals surface area contributed by atoms with E-state index in [1.807, 2.05) is 12.1 Å². The van der Waals surface area contributed by atoms with E-state index in [1.54, 1.807) is 7.11 Å². The molecule has 1 saturated heterocycles. The Labute approximate surface area is 152 Å². The summed E-state index contributed by atoms with van der Waals surface area (Å²) < 4.78 is 5.54. The molecule has 3 nitrogen and oxygen atoms in total. The molecule has 0 radical (unpaired) electrons.